The molecule has 1 nitrogen and oxygen atoms in total. The minimum atomic E-state index is 0. The van der Waals surface area contributed by atoms with Crippen molar-refractivity contribution in [3.8, 4) is 0 Å². The van der Waals surface area contributed by atoms with Gasteiger partial charge in [0.2, 0.25) is 0 Å². The molecule has 0 aromatic rings. The van der Waals surface area contributed by atoms with Gasteiger partial charge in [-0.1, -0.05) is 30.9 Å². The normalized spacial score (nSPS) is 13.8. The lowest BCUT2D eigenvalue weighted by atomic mass is 10.1. The summed E-state index contributed by atoms with van der Waals surface area (Å²) in [5, 5.41) is 0. The van der Waals surface area contributed by atoms with Gasteiger partial charge in [0.1, 0.15) is 0 Å². The molecule has 0 aromatic heterocycles. The molecule has 0 amide bonds. The molecule has 0 aliphatic rings. The Morgan fingerprint density at radius 2 is 1.83 bits per heavy atom. The molecule has 0 heterocycles. The quantitative estimate of drug-likeness (QED) is 0.639. The van der Waals surface area contributed by atoms with Crippen molar-refractivity contribution in [3.63, 3.8) is 0 Å². The molecule has 0 radical (unpaired) electrons. The maximum absolute atomic E-state index is 5.63. The van der Waals surface area contributed by atoms with E-state index in [0.717, 1.165) is 22.4 Å². The maximum atomic E-state index is 5.63. The van der Waals surface area contributed by atoms with Gasteiger partial charge in [-0.15, -0.1) is 0 Å². The van der Waals surface area contributed by atoms with Gasteiger partial charge in [-0.2, -0.15) is 0 Å². The molecule has 0 aliphatic carbocycles. The third-order valence-electron chi connectivity index (χ3n) is 1.72. The van der Waals surface area contributed by atoms with E-state index in [1.807, 2.05) is 26.8 Å². The van der Waals surface area contributed by atoms with E-state index in [1.54, 1.807) is 6.08 Å². The summed E-state index contributed by atoms with van der Waals surface area (Å²) in [6.45, 7) is 13.4. The molecule has 0 rings (SSSR count). The van der Waals surface area contributed by atoms with E-state index < -0.39 is 0 Å². The van der Waals surface area contributed by atoms with Crippen molar-refractivity contribution in [1.29, 1.82) is 0 Å². The van der Waals surface area contributed by atoms with Crippen LogP contribution in [-0.4, -0.2) is 0 Å². The van der Waals surface area contributed by atoms with Crippen LogP contribution in [0.15, 0.2) is 47.7 Å². The average Bonchev–Trinajstić information content (AvgIpc) is 1.98. The van der Waals surface area contributed by atoms with E-state index in [9.17, 15) is 0 Å². The summed E-state index contributed by atoms with van der Waals surface area (Å²) < 4.78 is 0. The maximum Gasteiger partial charge on any atom is 0.0122 e. The molecular weight excluding hydrogens is 146 g/mol. The SMILES string of the molecule is C=CC(/C=C(/C)C(=C)C)=C(\C)N.[HH]. The van der Waals surface area contributed by atoms with Gasteiger partial charge >= 0.3 is 0 Å². The summed E-state index contributed by atoms with van der Waals surface area (Å²) in [5.74, 6) is 0. The van der Waals surface area contributed by atoms with Crippen LogP contribution in [0.3, 0.4) is 0 Å². The monoisotopic (exact) mass is 165 g/mol. The first-order valence-electron chi connectivity index (χ1n) is 3.92. The van der Waals surface area contributed by atoms with Crippen LogP contribution in [0.5, 0.6) is 0 Å². The summed E-state index contributed by atoms with van der Waals surface area (Å²) in [5.41, 5.74) is 9.57. The van der Waals surface area contributed by atoms with Crippen LogP contribution >= 0.6 is 0 Å². The molecule has 12 heavy (non-hydrogen) atoms. The molecule has 0 saturated heterocycles. The summed E-state index contributed by atoms with van der Waals surface area (Å²) in [7, 11) is 0. The second kappa shape index (κ2) is 4.60. The predicted molar refractivity (Wildman–Crippen MR) is 57.8 cm³/mol. The van der Waals surface area contributed by atoms with Gasteiger partial charge in [0.05, 0.1) is 0 Å². The van der Waals surface area contributed by atoms with E-state index in [1.165, 1.54) is 0 Å². The van der Waals surface area contributed by atoms with Crippen molar-refractivity contribution in [3.05, 3.63) is 47.7 Å². The Hall–Kier alpha value is -1.24. The van der Waals surface area contributed by atoms with Crippen molar-refractivity contribution in [1.82, 2.24) is 0 Å². The van der Waals surface area contributed by atoms with Crippen LogP contribution < -0.4 is 5.73 Å². The molecule has 0 aromatic carbocycles. The van der Waals surface area contributed by atoms with Crippen molar-refractivity contribution >= 4 is 0 Å². The topological polar surface area (TPSA) is 26.0 Å². The summed E-state index contributed by atoms with van der Waals surface area (Å²) in [6, 6.07) is 0. The molecule has 0 saturated carbocycles. The lowest BCUT2D eigenvalue weighted by Gasteiger charge is -2.01. The lowest BCUT2D eigenvalue weighted by Crippen LogP contribution is -1.95. The van der Waals surface area contributed by atoms with E-state index in [-0.39, 0.29) is 1.43 Å². The lowest BCUT2D eigenvalue weighted by molar-refractivity contribution is 1.26. The van der Waals surface area contributed by atoms with E-state index in [2.05, 4.69) is 13.2 Å². The first kappa shape index (κ1) is 10.8. The second-order valence-electron chi connectivity index (χ2n) is 2.95. The fraction of sp³-hybridized carbons (Fsp3) is 0.273. The highest BCUT2D eigenvalue weighted by atomic mass is 14.6. The van der Waals surface area contributed by atoms with Crippen molar-refractivity contribution in [2.75, 3.05) is 0 Å². The zero-order valence-electron chi connectivity index (χ0n) is 8.15. The number of rotatable bonds is 3. The van der Waals surface area contributed by atoms with Gasteiger partial charge in [-0.25, -0.2) is 0 Å². The van der Waals surface area contributed by atoms with Gasteiger partial charge in [-0.05, 0) is 31.9 Å². The Kier molecular flexibility index (Phi) is 4.12. The smallest absolute Gasteiger partial charge is 0.0122 e. The molecular formula is C11H19N. The number of nitrogens with two attached hydrogens (primary N) is 1. The van der Waals surface area contributed by atoms with E-state index in [0.29, 0.717) is 0 Å². The predicted octanol–water partition coefficient (Wildman–Crippen LogP) is 3.17. The Bertz CT molecular complexity index is 255. The minimum absolute atomic E-state index is 0. The zero-order valence-corrected chi connectivity index (χ0v) is 8.15. The molecule has 1 heteroatoms. The van der Waals surface area contributed by atoms with Crippen molar-refractivity contribution < 1.29 is 1.43 Å². The van der Waals surface area contributed by atoms with Gasteiger partial charge in [0.25, 0.3) is 0 Å². The van der Waals surface area contributed by atoms with Crippen LogP contribution in [0, 0.1) is 0 Å². The fourth-order valence-corrected chi connectivity index (χ4v) is 0.690. The van der Waals surface area contributed by atoms with Crippen LogP contribution in [0.1, 0.15) is 22.2 Å². The first-order chi connectivity index (χ1) is 5.49. The summed E-state index contributed by atoms with van der Waals surface area (Å²) >= 11 is 0. The highest BCUT2D eigenvalue weighted by molar-refractivity contribution is 5.39. The second-order valence-corrected chi connectivity index (χ2v) is 2.95. The molecule has 0 unspecified atom stereocenters. The standard InChI is InChI=1S/C11H17N.H2/c1-6-11(10(5)12)7-9(4)8(2)3;/h6-7H,1-2,12H2,3-5H3;1H/b9-7-,11-10-;. The minimum Gasteiger partial charge on any atom is -0.402 e. The van der Waals surface area contributed by atoms with E-state index in [4.69, 9.17) is 5.73 Å². The largest absolute Gasteiger partial charge is 0.402 e. The fourth-order valence-electron chi connectivity index (χ4n) is 0.690. The molecule has 0 bridgehead atoms. The van der Waals surface area contributed by atoms with Crippen LogP contribution in [0.25, 0.3) is 0 Å². The molecule has 0 aliphatic heterocycles. The molecule has 2 N–H and O–H groups in total. The first-order valence-corrected chi connectivity index (χ1v) is 3.92. The van der Waals surface area contributed by atoms with Crippen molar-refractivity contribution in [2.24, 2.45) is 5.73 Å². The molecule has 0 fully saturated rings. The van der Waals surface area contributed by atoms with Crippen molar-refractivity contribution in [2.45, 2.75) is 20.8 Å². The molecule has 0 spiro atoms. The zero-order chi connectivity index (χ0) is 9.72. The van der Waals surface area contributed by atoms with Gasteiger partial charge in [0.15, 0.2) is 0 Å². The molecule has 68 valence electrons. The number of hydrogen-bond donors (Lipinski definition) is 1. The molecule has 0 atom stereocenters. The highest BCUT2D eigenvalue weighted by Crippen LogP contribution is 2.11. The van der Waals surface area contributed by atoms with Crippen LogP contribution in [-0.2, 0) is 0 Å². The third-order valence-corrected chi connectivity index (χ3v) is 1.72. The van der Waals surface area contributed by atoms with Gasteiger partial charge in [-0.3, -0.25) is 0 Å². The Labute approximate surface area is 76.5 Å². The van der Waals surface area contributed by atoms with Gasteiger partial charge in [0, 0.05) is 7.12 Å². The third kappa shape index (κ3) is 3.24. The number of hydrogen-bond acceptors (Lipinski definition) is 1. The summed E-state index contributed by atoms with van der Waals surface area (Å²) in [6.07, 6.45) is 3.74. The Morgan fingerprint density at radius 1 is 1.33 bits per heavy atom. The Morgan fingerprint density at radius 3 is 2.08 bits per heavy atom. The highest BCUT2D eigenvalue weighted by Gasteiger charge is 1.93. The van der Waals surface area contributed by atoms with Crippen LogP contribution in [0.4, 0.5) is 0 Å². The van der Waals surface area contributed by atoms with Crippen LogP contribution in [0.2, 0.25) is 0 Å². The number of allylic oxidation sites excluding steroid dienone is 6. The van der Waals surface area contributed by atoms with E-state index >= 15 is 0 Å². The Balaban J connectivity index is 0. The average molecular weight is 165 g/mol. The summed E-state index contributed by atoms with van der Waals surface area (Å²) in [4.78, 5) is 0. The van der Waals surface area contributed by atoms with Gasteiger partial charge < -0.3 is 5.73 Å².